The van der Waals surface area contributed by atoms with Crippen molar-refractivity contribution < 1.29 is 0 Å². The van der Waals surface area contributed by atoms with Gasteiger partial charge in [0, 0.05) is 0 Å². The van der Waals surface area contributed by atoms with Crippen LogP contribution in [-0.4, -0.2) is 0 Å². The van der Waals surface area contributed by atoms with E-state index in [1.807, 2.05) is 0 Å². The maximum absolute atomic E-state index is 2.31. The van der Waals surface area contributed by atoms with Crippen LogP contribution in [0.5, 0.6) is 0 Å². The highest BCUT2D eigenvalue weighted by Crippen LogP contribution is 2.27. The van der Waals surface area contributed by atoms with Crippen molar-refractivity contribution in [2.45, 2.75) is 39.0 Å². The van der Waals surface area contributed by atoms with Crippen molar-refractivity contribution in [3.8, 4) is 0 Å². The van der Waals surface area contributed by atoms with E-state index in [1.165, 1.54) is 32.1 Å². The summed E-state index contributed by atoms with van der Waals surface area (Å²) in [6.45, 7) is 2.19. The third-order valence-electron chi connectivity index (χ3n) is 1.84. The molecule has 0 heterocycles. The zero-order chi connectivity index (χ0) is 6.53. The Bertz CT molecular complexity index is 86.2. The lowest BCUT2D eigenvalue weighted by Gasteiger charge is -1.96. The third kappa shape index (κ3) is 2.21. The molecule has 1 aliphatic carbocycles. The van der Waals surface area contributed by atoms with Gasteiger partial charge in [-0.05, 0) is 25.2 Å². The molecule has 1 fully saturated rings. The Kier molecular flexibility index (Phi) is 2.82. The van der Waals surface area contributed by atoms with E-state index in [2.05, 4.69) is 19.1 Å². The largest absolute Gasteiger partial charge is 0.0882 e. The molecule has 0 N–H and O–H groups in total. The molecule has 0 unspecified atom stereocenters. The molecule has 0 amide bonds. The van der Waals surface area contributed by atoms with Gasteiger partial charge in [0.05, 0.1) is 0 Å². The fraction of sp³-hybridized carbons (Fsp3) is 0.667. The lowest BCUT2D eigenvalue weighted by Crippen LogP contribution is -1.80. The third-order valence-corrected chi connectivity index (χ3v) is 1.84. The maximum atomic E-state index is 2.31. The van der Waals surface area contributed by atoms with Gasteiger partial charge in [-0.25, -0.2) is 0 Å². The van der Waals surface area contributed by atoms with Crippen LogP contribution in [0.15, 0.2) is 12.2 Å². The van der Waals surface area contributed by atoms with Crippen LogP contribution in [0.3, 0.4) is 0 Å². The minimum absolute atomic E-state index is 1.18. The first-order chi connectivity index (χ1) is 4.43. The van der Waals surface area contributed by atoms with Crippen molar-refractivity contribution >= 4 is 0 Å². The van der Waals surface area contributed by atoms with Crippen molar-refractivity contribution in [3.63, 3.8) is 0 Å². The minimum Gasteiger partial charge on any atom is -0.0882 e. The molecule has 0 heteroatoms. The Morgan fingerprint density at radius 3 is 2.56 bits per heavy atom. The Balaban J connectivity index is 2.18. The summed E-state index contributed by atoms with van der Waals surface area (Å²) in [5, 5.41) is 0. The molecule has 0 saturated heterocycles. The van der Waals surface area contributed by atoms with Crippen LogP contribution in [0.2, 0.25) is 0 Å². The molecule has 0 atom stereocenters. The molecule has 1 rings (SSSR count). The van der Waals surface area contributed by atoms with Crippen LogP contribution < -0.4 is 0 Å². The first-order valence-electron chi connectivity index (χ1n) is 3.94. The van der Waals surface area contributed by atoms with Crippen LogP contribution in [0.25, 0.3) is 0 Å². The summed E-state index contributed by atoms with van der Waals surface area (Å²) in [5.74, 6) is 1.66. The minimum atomic E-state index is 1.18. The smallest absolute Gasteiger partial charge is 0.00273 e. The second-order valence-corrected chi connectivity index (χ2v) is 2.68. The van der Waals surface area contributed by atoms with Crippen LogP contribution in [0, 0.1) is 5.92 Å². The summed E-state index contributed by atoms with van der Waals surface area (Å²) >= 11 is 0. The molecule has 0 nitrogen and oxygen atoms in total. The molecule has 0 aromatic rings. The predicted molar refractivity (Wildman–Crippen MR) is 41.1 cm³/mol. The number of hydrogen-bond acceptors (Lipinski definition) is 0. The normalized spacial score (nSPS) is 21.9. The number of allylic oxidation sites excluding steroid dienone is 2. The first-order valence-corrected chi connectivity index (χ1v) is 3.94. The van der Waals surface area contributed by atoms with Gasteiger partial charge in [-0.15, -0.1) is 0 Å². The Morgan fingerprint density at radius 2 is 2.00 bits per heavy atom. The van der Waals surface area contributed by atoms with Crippen LogP contribution in [-0.2, 0) is 0 Å². The second kappa shape index (κ2) is 3.71. The average molecular weight is 123 g/mol. The zero-order valence-electron chi connectivity index (χ0n) is 6.19. The van der Waals surface area contributed by atoms with E-state index in [0.717, 1.165) is 0 Å². The Morgan fingerprint density at radius 1 is 1.33 bits per heavy atom. The molecule has 0 spiro atoms. The molecule has 0 aromatic heterocycles. The fourth-order valence-electron chi connectivity index (χ4n) is 1.28. The van der Waals surface area contributed by atoms with Gasteiger partial charge in [0.1, 0.15) is 0 Å². The number of rotatable bonds is 2. The van der Waals surface area contributed by atoms with E-state index in [-0.39, 0.29) is 0 Å². The molecule has 9 heavy (non-hydrogen) atoms. The van der Waals surface area contributed by atoms with E-state index in [4.69, 9.17) is 0 Å². The summed E-state index contributed by atoms with van der Waals surface area (Å²) < 4.78 is 0. The summed E-state index contributed by atoms with van der Waals surface area (Å²) in [6, 6.07) is 0. The van der Waals surface area contributed by atoms with Crippen LogP contribution >= 0.6 is 0 Å². The molecular formula is C9H15. The summed E-state index contributed by atoms with van der Waals surface area (Å²) in [6.07, 6.45) is 11.3. The van der Waals surface area contributed by atoms with Gasteiger partial charge in [0.25, 0.3) is 0 Å². The molecule has 1 saturated carbocycles. The van der Waals surface area contributed by atoms with Gasteiger partial charge in [-0.2, -0.15) is 0 Å². The molecule has 1 aliphatic rings. The molecule has 0 aliphatic heterocycles. The molecular weight excluding hydrogens is 108 g/mol. The first kappa shape index (κ1) is 6.85. The number of hydrogen-bond donors (Lipinski definition) is 0. The highest BCUT2D eigenvalue weighted by molar-refractivity contribution is 5.11. The lowest BCUT2D eigenvalue weighted by atomic mass is 10.1. The van der Waals surface area contributed by atoms with E-state index < -0.39 is 0 Å². The standard InChI is InChI=1S/C9H15/c1-2-3-6-9-7-4-5-8-9/h3,6H,2,4-5,7-8H2,1H3/b6-3+. The second-order valence-electron chi connectivity index (χ2n) is 2.68. The fourth-order valence-corrected chi connectivity index (χ4v) is 1.28. The highest BCUT2D eigenvalue weighted by Gasteiger charge is 2.10. The van der Waals surface area contributed by atoms with Gasteiger partial charge < -0.3 is 0 Å². The van der Waals surface area contributed by atoms with Gasteiger partial charge >= 0.3 is 0 Å². The van der Waals surface area contributed by atoms with Gasteiger partial charge in [-0.1, -0.05) is 31.9 Å². The Labute approximate surface area is 58.0 Å². The van der Waals surface area contributed by atoms with Crippen molar-refractivity contribution in [1.29, 1.82) is 0 Å². The van der Waals surface area contributed by atoms with Gasteiger partial charge in [0.2, 0.25) is 0 Å². The van der Waals surface area contributed by atoms with E-state index in [9.17, 15) is 0 Å². The molecule has 0 bridgehead atoms. The zero-order valence-corrected chi connectivity index (χ0v) is 6.19. The van der Waals surface area contributed by atoms with E-state index in [1.54, 1.807) is 5.92 Å². The molecule has 51 valence electrons. The van der Waals surface area contributed by atoms with Crippen molar-refractivity contribution in [1.82, 2.24) is 0 Å². The maximum Gasteiger partial charge on any atom is -0.00273 e. The molecule has 0 aromatic carbocycles. The monoisotopic (exact) mass is 123 g/mol. The Hall–Kier alpha value is -0.260. The van der Waals surface area contributed by atoms with Crippen molar-refractivity contribution in [3.05, 3.63) is 18.1 Å². The summed E-state index contributed by atoms with van der Waals surface area (Å²) in [4.78, 5) is 0. The van der Waals surface area contributed by atoms with Gasteiger partial charge in [-0.3, -0.25) is 0 Å². The van der Waals surface area contributed by atoms with Crippen LogP contribution in [0.4, 0.5) is 0 Å². The topological polar surface area (TPSA) is 0 Å². The SMILES string of the molecule is CC/C=C/[C]1CCCC1. The van der Waals surface area contributed by atoms with E-state index in [0.29, 0.717) is 0 Å². The quantitative estimate of drug-likeness (QED) is 0.529. The lowest BCUT2D eigenvalue weighted by molar-refractivity contribution is 0.886. The van der Waals surface area contributed by atoms with E-state index >= 15 is 0 Å². The molecule has 1 radical (unpaired) electrons. The summed E-state index contributed by atoms with van der Waals surface area (Å²) in [5.41, 5.74) is 0. The highest BCUT2D eigenvalue weighted by atomic mass is 14.2. The van der Waals surface area contributed by atoms with Crippen LogP contribution in [0.1, 0.15) is 39.0 Å². The average Bonchev–Trinajstić information content (AvgIpc) is 2.34. The van der Waals surface area contributed by atoms with Crippen molar-refractivity contribution in [2.24, 2.45) is 0 Å². The predicted octanol–water partition coefficient (Wildman–Crippen LogP) is 3.10. The summed E-state index contributed by atoms with van der Waals surface area (Å²) in [7, 11) is 0. The van der Waals surface area contributed by atoms with Crippen molar-refractivity contribution in [2.75, 3.05) is 0 Å². The van der Waals surface area contributed by atoms with Gasteiger partial charge in [0.15, 0.2) is 0 Å².